The molecule has 0 saturated carbocycles. The summed E-state index contributed by atoms with van der Waals surface area (Å²) in [6.07, 6.45) is 0. The largest absolute Gasteiger partial charge is 0.508 e. The van der Waals surface area contributed by atoms with Crippen molar-refractivity contribution < 1.29 is 9.90 Å². The van der Waals surface area contributed by atoms with Crippen LogP contribution in [0.4, 0.5) is 5.69 Å². The lowest BCUT2D eigenvalue weighted by Gasteiger charge is -2.23. The molecule has 4 nitrogen and oxygen atoms in total. The Bertz CT molecular complexity index is 599. The first kappa shape index (κ1) is 15.1. The molecule has 0 fully saturated rings. The van der Waals surface area contributed by atoms with E-state index in [0.717, 1.165) is 5.56 Å². The van der Waals surface area contributed by atoms with Crippen LogP contribution in [0.5, 0.6) is 5.75 Å². The van der Waals surface area contributed by atoms with Crippen LogP contribution < -0.4 is 10.6 Å². The first-order chi connectivity index (χ1) is 10.1. The van der Waals surface area contributed by atoms with Gasteiger partial charge in [0.25, 0.3) is 0 Å². The maximum atomic E-state index is 12.6. The summed E-state index contributed by atoms with van der Waals surface area (Å²) >= 11 is 0. The second-order valence-electron chi connectivity index (χ2n) is 5.01. The van der Waals surface area contributed by atoms with Gasteiger partial charge in [-0.05, 0) is 31.7 Å². The molecule has 0 bridgehead atoms. The van der Waals surface area contributed by atoms with Gasteiger partial charge in [-0.2, -0.15) is 0 Å². The molecule has 0 saturated heterocycles. The zero-order chi connectivity index (χ0) is 15.2. The molecule has 2 atom stereocenters. The predicted molar refractivity (Wildman–Crippen MR) is 84.4 cm³/mol. The zero-order valence-corrected chi connectivity index (χ0v) is 12.2. The SMILES string of the molecule is CNC(C)C(C(=O)Nc1cccc(O)c1)c1ccccc1. The van der Waals surface area contributed by atoms with E-state index in [1.165, 1.54) is 6.07 Å². The van der Waals surface area contributed by atoms with Crippen molar-refractivity contribution in [2.45, 2.75) is 18.9 Å². The van der Waals surface area contributed by atoms with Gasteiger partial charge in [0.2, 0.25) is 5.91 Å². The monoisotopic (exact) mass is 284 g/mol. The number of carbonyl (C=O) groups excluding carboxylic acids is 1. The average molecular weight is 284 g/mol. The van der Waals surface area contributed by atoms with Crippen molar-refractivity contribution in [3.05, 3.63) is 60.2 Å². The van der Waals surface area contributed by atoms with Crippen molar-refractivity contribution in [2.75, 3.05) is 12.4 Å². The Balaban J connectivity index is 2.23. The third kappa shape index (κ3) is 3.83. The van der Waals surface area contributed by atoms with Crippen LogP contribution in [0, 0.1) is 0 Å². The number of phenolic OH excluding ortho intramolecular Hbond substituents is 1. The van der Waals surface area contributed by atoms with E-state index >= 15 is 0 Å². The number of hydrogen-bond donors (Lipinski definition) is 3. The van der Waals surface area contributed by atoms with E-state index in [2.05, 4.69) is 10.6 Å². The summed E-state index contributed by atoms with van der Waals surface area (Å²) in [6.45, 7) is 1.97. The lowest BCUT2D eigenvalue weighted by Crippen LogP contribution is -2.36. The molecule has 0 aliphatic rings. The third-order valence-corrected chi connectivity index (χ3v) is 3.51. The number of nitrogens with one attached hydrogen (secondary N) is 2. The Morgan fingerprint density at radius 2 is 1.81 bits per heavy atom. The van der Waals surface area contributed by atoms with E-state index in [-0.39, 0.29) is 23.6 Å². The summed E-state index contributed by atoms with van der Waals surface area (Å²) in [5, 5.41) is 15.5. The van der Waals surface area contributed by atoms with E-state index in [0.29, 0.717) is 5.69 Å². The predicted octanol–water partition coefficient (Wildman–Crippen LogP) is 2.72. The molecular weight excluding hydrogens is 264 g/mol. The highest BCUT2D eigenvalue weighted by molar-refractivity contribution is 5.96. The quantitative estimate of drug-likeness (QED) is 0.791. The molecule has 0 heterocycles. The van der Waals surface area contributed by atoms with E-state index in [4.69, 9.17) is 0 Å². The van der Waals surface area contributed by atoms with Gasteiger partial charge in [-0.1, -0.05) is 36.4 Å². The molecule has 2 unspecified atom stereocenters. The van der Waals surface area contributed by atoms with Crippen LogP contribution in [-0.2, 0) is 4.79 Å². The van der Waals surface area contributed by atoms with E-state index in [1.54, 1.807) is 18.2 Å². The Morgan fingerprint density at radius 3 is 2.43 bits per heavy atom. The third-order valence-electron chi connectivity index (χ3n) is 3.51. The molecule has 0 aromatic heterocycles. The highest BCUT2D eigenvalue weighted by Crippen LogP contribution is 2.23. The molecule has 0 aliphatic carbocycles. The number of anilines is 1. The highest BCUT2D eigenvalue weighted by atomic mass is 16.3. The first-order valence-corrected chi connectivity index (χ1v) is 6.94. The Labute approximate surface area is 124 Å². The summed E-state index contributed by atoms with van der Waals surface area (Å²) in [5.74, 6) is -0.280. The van der Waals surface area contributed by atoms with Gasteiger partial charge in [-0.3, -0.25) is 4.79 Å². The van der Waals surface area contributed by atoms with Gasteiger partial charge < -0.3 is 15.7 Å². The van der Waals surface area contributed by atoms with Crippen molar-refractivity contribution in [1.29, 1.82) is 0 Å². The van der Waals surface area contributed by atoms with Crippen LogP contribution in [-0.4, -0.2) is 24.1 Å². The highest BCUT2D eigenvalue weighted by Gasteiger charge is 2.25. The molecule has 3 N–H and O–H groups in total. The Kier molecular flexibility index (Phi) is 4.95. The smallest absolute Gasteiger partial charge is 0.233 e. The van der Waals surface area contributed by atoms with Crippen LogP contribution >= 0.6 is 0 Å². The molecule has 2 rings (SSSR count). The second-order valence-corrected chi connectivity index (χ2v) is 5.01. The van der Waals surface area contributed by atoms with E-state index in [9.17, 15) is 9.90 Å². The van der Waals surface area contributed by atoms with Crippen LogP contribution in [0.25, 0.3) is 0 Å². The fourth-order valence-electron chi connectivity index (χ4n) is 2.30. The number of hydrogen-bond acceptors (Lipinski definition) is 3. The van der Waals surface area contributed by atoms with Crippen molar-refractivity contribution >= 4 is 11.6 Å². The number of aromatic hydroxyl groups is 1. The van der Waals surface area contributed by atoms with E-state index < -0.39 is 0 Å². The lowest BCUT2D eigenvalue weighted by molar-refractivity contribution is -0.118. The second kappa shape index (κ2) is 6.90. The fraction of sp³-hybridized carbons (Fsp3) is 0.235. The van der Waals surface area contributed by atoms with Gasteiger partial charge in [0.1, 0.15) is 5.75 Å². The average Bonchev–Trinajstić information content (AvgIpc) is 2.48. The minimum Gasteiger partial charge on any atom is -0.508 e. The molecule has 0 aliphatic heterocycles. The molecular formula is C17H20N2O2. The molecule has 21 heavy (non-hydrogen) atoms. The number of phenols is 1. The van der Waals surface area contributed by atoms with Gasteiger partial charge in [-0.15, -0.1) is 0 Å². The first-order valence-electron chi connectivity index (χ1n) is 6.94. The number of carbonyl (C=O) groups is 1. The maximum absolute atomic E-state index is 12.6. The molecule has 2 aromatic carbocycles. The molecule has 2 aromatic rings. The number of rotatable bonds is 5. The minimum atomic E-state index is -0.307. The molecule has 0 radical (unpaired) electrons. The summed E-state index contributed by atoms with van der Waals surface area (Å²) in [6, 6.07) is 16.2. The van der Waals surface area contributed by atoms with Gasteiger partial charge in [0.15, 0.2) is 0 Å². The van der Waals surface area contributed by atoms with Crippen molar-refractivity contribution in [3.8, 4) is 5.75 Å². The minimum absolute atomic E-state index is 0.00953. The standard InChI is InChI=1S/C17H20N2O2/c1-12(18-2)16(13-7-4-3-5-8-13)17(21)19-14-9-6-10-15(20)11-14/h3-12,16,18,20H,1-2H3,(H,19,21). The van der Waals surface area contributed by atoms with Crippen molar-refractivity contribution in [2.24, 2.45) is 0 Å². The molecule has 1 amide bonds. The normalized spacial score (nSPS) is 13.4. The number of likely N-dealkylation sites (N-methyl/N-ethyl adjacent to an activating group) is 1. The molecule has 4 heteroatoms. The maximum Gasteiger partial charge on any atom is 0.233 e. The fourth-order valence-corrected chi connectivity index (χ4v) is 2.30. The molecule has 0 spiro atoms. The van der Waals surface area contributed by atoms with Gasteiger partial charge >= 0.3 is 0 Å². The van der Waals surface area contributed by atoms with Gasteiger partial charge in [0, 0.05) is 17.8 Å². The number of amides is 1. The summed E-state index contributed by atoms with van der Waals surface area (Å²) in [7, 11) is 1.84. The summed E-state index contributed by atoms with van der Waals surface area (Å²) in [5.41, 5.74) is 1.54. The van der Waals surface area contributed by atoms with E-state index in [1.807, 2.05) is 44.3 Å². The summed E-state index contributed by atoms with van der Waals surface area (Å²) < 4.78 is 0. The van der Waals surface area contributed by atoms with Crippen LogP contribution in [0.1, 0.15) is 18.4 Å². The van der Waals surface area contributed by atoms with Gasteiger partial charge in [0.05, 0.1) is 5.92 Å². The van der Waals surface area contributed by atoms with Crippen LogP contribution in [0.2, 0.25) is 0 Å². The summed E-state index contributed by atoms with van der Waals surface area (Å²) in [4.78, 5) is 12.6. The Hall–Kier alpha value is -2.33. The van der Waals surface area contributed by atoms with Gasteiger partial charge in [-0.25, -0.2) is 0 Å². The van der Waals surface area contributed by atoms with Crippen LogP contribution in [0.15, 0.2) is 54.6 Å². The van der Waals surface area contributed by atoms with Crippen LogP contribution in [0.3, 0.4) is 0 Å². The number of benzene rings is 2. The zero-order valence-electron chi connectivity index (χ0n) is 12.2. The van der Waals surface area contributed by atoms with Crippen molar-refractivity contribution in [1.82, 2.24) is 5.32 Å². The van der Waals surface area contributed by atoms with Crippen molar-refractivity contribution in [3.63, 3.8) is 0 Å². The topological polar surface area (TPSA) is 61.4 Å². The lowest BCUT2D eigenvalue weighted by atomic mass is 9.91. The Morgan fingerprint density at radius 1 is 1.10 bits per heavy atom. The molecule has 110 valence electrons.